The first-order chi connectivity index (χ1) is 8.56. The highest BCUT2D eigenvalue weighted by molar-refractivity contribution is 5.47. The normalized spacial score (nSPS) is 27.6. The van der Waals surface area contributed by atoms with Gasteiger partial charge in [0.2, 0.25) is 0 Å². The molecule has 2 rings (SSSR count). The van der Waals surface area contributed by atoms with Gasteiger partial charge in [0.05, 0.1) is 11.8 Å². The lowest BCUT2D eigenvalue weighted by atomic mass is 9.80. The topological polar surface area (TPSA) is 53.0 Å². The number of hydrogen-bond acceptors (Lipinski definition) is 3. The van der Waals surface area contributed by atoms with E-state index in [1.807, 2.05) is 18.0 Å². The largest absolute Gasteiger partial charge is 0.369 e. The minimum Gasteiger partial charge on any atom is -0.369 e. The van der Waals surface area contributed by atoms with Crippen LogP contribution in [0, 0.1) is 17.1 Å². The zero-order chi connectivity index (χ0) is 13.2. The van der Waals surface area contributed by atoms with Crippen molar-refractivity contribution in [3.05, 3.63) is 30.1 Å². The minimum absolute atomic E-state index is 0.204. The lowest BCUT2D eigenvalue weighted by Gasteiger charge is -2.38. The van der Waals surface area contributed by atoms with Crippen LogP contribution in [0.15, 0.2) is 24.3 Å². The molecule has 1 aliphatic rings. The fourth-order valence-corrected chi connectivity index (χ4v) is 2.55. The number of nitrogens with zero attached hydrogens (tertiary/aromatic N) is 2. The van der Waals surface area contributed by atoms with Gasteiger partial charge in [-0.25, -0.2) is 4.39 Å². The van der Waals surface area contributed by atoms with Crippen LogP contribution < -0.4 is 10.6 Å². The molecule has 0 amide bonds. The Morgan fingerprint density at radius 1 is 1.39 bits per heavy atom. The average molecular weight is 247 g/mol. The van der Waals surface area contributed by atoms with Crippen molar-refractivity contribution in [1.29, 1.82) is 5.26 Å². The number of rotatable bonds is 2. The molecule has 0 atom stereocenters. The van der Waals surface area contributed by atoms with Gasteiger partial charge in [-0.2, -0.15) is 5.26 Å². The molecular weight excluding hydrogens is 229 g/mol. The van der Waals surface area contributed by atoms with Crippen molar-refractivity contribution in [2.75, 3.05) is 11.9 Å². The van der Waals surface area contributed by atoms with Crippen LogP contribution in [-0.4, -0.2) is 18.6 Å². The molecule has 0 aliphatic heterocycles. The van der Waals surface area contributed by atoms with Crippen molar-refractivity contribution < 1.29 is 4.39 Å². The highest BCUT2D eigenvalue weighted by Gasteiger charge is 2.33. The summed E-state index contributed by atoms with van der Waals surface area (Å²) in [4.78, 5) is 1.96. The van der Waals surface area contributed by atoms with E-state index in [4.69, 9.17) is 11.0 Å². The molecule has 0 saturated heterocycles. The standard InChI is InChI=1S/C14H18FN3/c1-18(13-5-3-2-4-12(13)15)11-6-8-14(17,10-16)9-7-11/h2-5,11H,6-9,17H2,1H3. The van der Waals surface area contributed by atoms with Gasteiger partial charge in [0, 0.05) is 13.1 Å². The zero-order valence-electron chi connectivity index (χ0n) is 10.6. The first kappa shape index (κ1) is 12.8. The molecule has 4 heteroatoms. The van der Waals surface area contributed by atoms with Crippen molar-refractivity contribution in [3.63, 3.8) is 0 Å². The van der Waals surface area contributed by atoms with Gasteiger partial charge < -0.3 is 10.6 Å². The number of para-hydroxylation sites is 1. The Kier molecular flexibility index (Phi) is 3.53. The van der Waals surface area contributed by atoms with Crippen molar-refractivity contribution in [2.24, 2.45) is 5.73 Å². The number of nitrogens with two attached hydrogens (primary N) is 1. The van der Waals surface area contributed by atoms with E-state index in [0.29, 0.717) is 18.5 Å². The predicted molar refractivity (Wildman–Crippen MR) is 69.6 cm³/mol. The molecule has 2 N–H and O–H groups in total. The highest BCUT2D eigenvalue weighted by atomic mass is 19.1. The van der Waals surface area contributed by atoms with Crippen LogP contribution >= 0.6 is 0 Å². The summed E-state index contributed by atoms with van der Waals surface area (Å²) in [5.74, 6) is -0.204. The lowest BCUT2D eigenvalue weighted by Crippen LogP contribution is -2.46. The van der Waals surface area contributed by atoms with Gasteiger partial charge in [0.25, 0.3) is 0 Å². The maximum absolute atomic E-state index is 13.7. The first-order valence-corrected chi connectivity index (χ1v) is 6.23. The molecule has 1 saturated carbocycles. The van der Waals surface area contributed by atoms with Gasteiger partial charge in [-0.1, -0.05) is 12.1 Å². The zero-order valence-corrected chi connectivity index (χ0v) is 10.6. The van der Waals surface area contributed by atoms with Crippen LogP contribution in [0.1, 0.15) is 25.7 Å². The van der Waals surface area contributed by atoms with Crippen LogP contribution in [0.2, 0.25) is 0 Å². The van der Waals surface area contributed by atoms with Crippen LogP contribution in [0.25, 0.3) is 0 Å². The molecule has 0 heterocycles. The van der Waals surface area contributed by atoms with E-state index in [0.717, 1.165) is 12.8 Å². The fraction of sp³-hybridized carbons (Fsp3) is 0.500. The molecule has 1 aromatic carbocycles. The summed E-state index contributed by atoms with van der Waals surface area (Å²) in [6.45, 7) is 0. The van der Waals surface area contributed by atoms with Crippen molar-refractivity contribution >= 4 is 5.69 Å². The Morgan fingerprint density at radius 2 is 2.00 bits per heavy atom. The molecule has 1 aromatic rings. The third kappa shape index (κ3) is 2.46. The number of benzene rings is 1. The highest BCUT2D eigenvalue weighted by Crippen LogP contribution is 2.31. The van der Waals surface area contributed by atoms with Crippen molar-refractivity contribution in [1.82, 2.24) is 0 Å². The Labute approximate surface area is 107 Å². The summed E-state index contributed by atoms with van der Waals surface area (Å²) >= 11 is 0. The van der Waals surface area contributed by atoms with E-state index in [1.165, 1.54) is 6.07 Å². The molecule has 18 heavy (non-hydrogen) atoms. The SMILES string of the molecule is CN(c1ccccc1F)C1CCC(N)(C#N)CC1. The Balaban J connectivity index is 2.07. The van der Waals surface area contributed by atoms with Gasteiger partial charge in [0.1, 0.15) is 11.4 Å². The summed E-state index contributed by atoms with van der Waals surface area (Å²) in [7, 11) is 1.90. The number of halogens is 1. The summed E-state index contributed by atoms with van der Waals surface area (Å²) in [5, 5.41) is 8.99. The molecule has 96 valence electrons. The molecule has 0 unspecified atom stereocenters. The Hall–Kier alpha value is -1.60. The number of anilines is 1. The van der Waals surface area contributed by atoms with E-state index < -0.39 is 5.54 Å². The first-order valence-electron chi connectivity index (χ1n) is 6.23. The van der Waals surface area contributed by atoms with Crippen molar-refractivity contribution in [3.8, 4) is 6.07 Å². The van der Waals surface area contributed by atoms with Crippen LogP contribution in [0.3, 0.4) is 0 Å². The van der Waals surface area contributed by atoms with Crippen LogP contribution in [0.4, 0.5) is 10.1 Å². The van der Waals surface area contributed by atoms with Gasteiger partial charge in [0.15, 0.2) is 0 Å². The van der Waals surface area contributed by atoms with E-state index in [2.05, 4.69) is 6.07 Å². The van der Waals surface area contributed by atoms with Gasteiger partial charge in [-0.3, -0.25) is 0 Å². The summed E-state index contributed by atoms with van der Waals surface area (Å²) in [6, 6.07) is 9.21. The summed E-state index contributed by atoms with van der Waals surface area (Å²) in [6.07, 6.45) is 3.00. The molecule has 1 fully saturated rings. The van der Waals surface area contributed by atoms with Crippen molar-refractivity contribution in [2.45, 2.75) is 37.3 Å². The maximum atomic E-state index is 13.7. The van der Waals surface area contributed by atoms with Gasteiger partial charge >= 0.3 is 0 Å². The maximum Gasteiger partial charge on any atom is 0.146 e. The second-order valence-electron chi connectivity index (χ2n) is 5.06. The molecule has 0 spiro atoms. The lowest BCUT2D eigenvalue weighted by molar-refractivity contribution is 0.326. The second-order valence-corrected chi connectivity index (χ2v) is 5.06. The van der Waals surface area contributed by atoms with Crippen LogP contribution in [-0.2, 0) is 0 Å². The predicted octanol–water partition coefficient (Wildman–Crippen LogP) is 2.43. The third-order valence-electron chi connectivity index (χ3n) is 3.85. The van der Waals surface area contributed by atoms with E-state index in [1.54, 1.807) is 12.1 Å². The van der Waals surface area contributed by atoms with E-state index >= 15 is 0 Å². The molecule has 0 radical (unpaired) electrons. The number of nitriles is 1. The molecule has 0 bridgehead atoms. The van der Waals surface area contributed by atoms with E-state index in [9.17, 15) is 4.39 Å². The Bertz CT molecular complexity index is 458. The molecule has 0 aromatic heterocycles. The third-order valence-corrected chi connectivity index (χ3v) is 3.85. The smallest absolute Gasteiger partial charge is 0.146 e. The Morgan fingerprint density at radius 3 is 2.56 bits per heavy atom. The quantitative estimate of drug-likeness (QED) is 0.873. The molecule has 1 aliphatic carbocycles. The summed E-state index contributed by atoms with van der Waals surface area (Å²) < 4.78 is 13.7. The van der Waals surface area contributed by atoms with Gasteiger partial charge in [-0.15, -0.1) is 0 Å². The molecular formula is C14H18FN3. The monoisotopic (exact) mass is 247 g/mol. The molecule has 3 nitrogen and oxygen atoms in total. The second kappa shape index (κ2) is 4.95. The average Bonchev–Trinajstić information content (AvgIpc) is 2.39. The number of hydrogen-bond donors (Lipinski definition) is 1. The van der Waals surface area contributed by atoms with Crippen LogP contribution in [0.5, 0.6) is 0 Å². The van der Waals surface area contributed by atoms with Gasteiger partial charge in [-0.05, 0) is 37.8 Å². The fourth-order valence-electron chi connectivity index (χ4n) is 2.55. The minimum atomic E-state index is -0.688. The van der Waals surface area contributed by atoms with E-state index in [-0.39, 0.29) is 11.9 Å². The summed E-state index contributed by atoms with van der Waals surface area (Å²) in [5.41, 5.74) is 5.86.